The average Bonchev–Trinajstić information content (AvgIpc) is 3.77. The normalized spacial score (nSPS) is 14.6. The number of carbonyl (C=O) groups is 1. The van der Waals surface area contributed by atoms with E-state index >= 15 is 0 Å². The number of rotatable bonds is 17. The molecule has 4 N–H and O–H groups in total. The first kappa shape index (κ1) is 38.0. The minimum Gasteiger partial charge on any atom is -0.491 e. The van der Waals surface area contributed by atoms with Crippen LogP contribution in [0.2, 0.25) is 0 Å². The van der Waals surface area contributed by atoms with E-state index in [4.69, 9.17) is 4.74 Å². The van der Waals surface area contributed by atoms with Gasteiger partial charge in [0.2, 0.25) is 10.0 Å². The van der Waals surface area contributed by atoms with Crippen molar-refractivity contribution in [1.29, 1.82) is 0 Å². The number of carbonyl (C=O) groups excluding carboxylic acids is 1. The number of thiazole rings is 1. The van der Waals surface area contributed by atoms with Crippen molar-refractivity contribution in [3.63, 3.8) is 0 Å². The second-order valence-corrected chi connectivity index (χ2v) is 16.1. The highest BCUT2D eigenvalue weighted by atomic mass is 32.2. The summed E-state index contributed by atoms with van der Waals surface area (Å²) in [5.41, 5.74) is 0.505. The number of sulfonamides is 1. The summed E-state index contributed by atoms with van der Waals surface area (Å²) in [6.07, 6.45) is -1.92. The monoisotopic (exact) mass is 746 g/mol. The number of alkyl halides is 3. The van der Waals surface area contributed by atoms with Crippen LogP contribution in [0.3, 0.4) is 0 Å². The zero-order valence-corrected chi connectivity index (χ0v) is 30.0. The smallest absolute Gasteiger partial charge is 0.416 e. The second-order valence-electron chi connectivity index (χ2n) is 12.6. The van der Waals surface area contributed by atoms with Crippen LogP contribution in [0.15, 0.2) is 72.2 Å². The zero-order valence-electron chi connectivity index (χ0n) is 28.4. The molecule has 2 atom stereocenters. The Morgan fingerprint density at radius 3 is 2.57 bits per heavy atom. The van der Waals surface area contributed by atoms with E-state index in [-0.39, 0.29) is 31.1 Å². The molecule has 2 aromatic carbocycles. The van der Waals surface area contributed by atoms with E-state index in [0.29, 0.717) is 29.6 Å². The van der Waals surface area contributed by atoms with Crippen LogP contribution >= 0.6 is 11.3 Å². The van der Waals surface area contributed by atoms with E-state index in [2.05, 4.69) is 25.9 Å². The first-order chi connectivity index (χ1) is 24.2. The Kier molecular flexibility index (Phi) is 12.2. The van der Waals surface area contributed by atoms with E-state index in [0.717, 1.165) is 39.9 Å². The maximum absolute atomic E-state index is 13.8. The topological polar surface area (TPSA) is 146 Å². The standard InChI is InChI=1S/C35H41F3N6O5S2/c1-22(2)51(47,48)44(3)32-17-26(16-31(43-32)41-19-23-10-11-23)33(46)42-29(21-49-28-9-5-7-25(15-28)34-40-12-13-50-34)30(45)20-39-18-24-6-4-8-27(14-24)35(36,37)38/h4-9,12-17,22-23,29-30,39,45H,10-11,18-21H2,1-3H3,(H,41,43)(H,42,46)/t29-,30+/m0/s1. The summed E-state index contributed by atoms with van der Waals surface area (Å²) in [4.78, 5) is 22.6. The van der Waals surface area contributed by atoms with Gasteiger partial charge in [-0.15, -0.1) is 11.3 Å². The Morgan fingerprint density at radius 2 is 1.88 bits per heavy atom. The van der Waals surface area contributed by atoms with Crippen LogP contribution in [0.4, 0.5) is 24.8 Å². The van der Waals surface area contributed by atoms with Crippen molar-refractivity contribution in [1.82, 2.24) is 20.6 Å². The molecule has 274 valence electrons. The lowest BCUT2D eigenvalue weighted by Gasteiger charge is -2.26. The fourth-order valence-electron chi connectivity index (χ4n) is 5.05. The Bertz CT molecular complexity index is 1890. The molecule has 0 bridgehead atoms. The van der Waals surface area contributed by atoms with Crippen molar-refractivity contribution in [3.8, 4) is 16.3 Å². The number of nitrogens with zero attached hydrogens (tertiary/aromatic N) is 3. The Labute approximate surface area is 299 Å². The minimum atomic E-state index is -4.49. The van der Waals surface area contributed by atoms with Crippen LogP contribution in [0.5, 0.6) is 5.75 Å². The quantitative estimate of drug-likeness (QED) is 0.109. The molecule has 0 aliphatic heterocycles. The van der Waals surface area contributed by atoms with Gasteiger partial charge in [0, 0.05) is 49.4 Å². The number of anilines is 2. The number of aliphatic hydroxyl groups excluding tert-OH is 1. The van der Waals surface area contributed by atoms with Crippen LogP contribution < -0.4 is 25.0 Å². The molecule has 0 spiro atoms. The van der Waals surface area contributed by atoms with E-state index < -0.39 is 45.1 Å². The fraction of sp³-hybridized carbons (Fsp3) is 0.400. The highest BCUT2D eigenvalue weighted by molar-refractivity contribution is 7.93. The van der Waals surface area contributed by atoms with Gasteiger partial charge >= 0.3 is 6.18 Å². The van der Waals surface area contributed by atoms with Gasteiger partial charge in [-0.2, -0.15) is 13.2 Å². The van der Waals surface area contributed by atoms with Gasteiger partial charge in [0.05, 0.1) is 23.0 Å². The van der Waals surface area contributed by atoms with Gasteiger partial charge in [0.25, 0.3) is 5.91 Å². The molecule has 0 radical (unpaired) electrons. The van der Waals surface area contributed by atoms with Crippen molar-refractivity contribution in [2.24, 2.45) is 5.92 Å². The van der Waals surface area contributed by atoms with Gasteiger partial charge in [-0.1, -0.05) is 30.3 Å². The largest absolute Gasteiger partial charge is 0.491 e. The summed E-state index contributed by atoms with van der Waals surface area (Å²) in [5.74, 6) is 0.684. The summed E-state index contributed by atoms with van der Waals surface area (Å²) in [6.45, 7) is 3.47. The van der Waals surface area contributed by atoms with E-state index in [1.165, 1.54) is 36.6 Å². The van der Waals surface area contributed by atoms with E-state index in [9.17, 15) is 31.5 Å². The summed E-state index contributed by atoms with van der Waals surface area (Å²) >= 11 is 1.46. The molecule has 16 heteroatoms. The third-order valence-corrected chi connectivity index (χ3v) is 11.3. The maximum atomic E-state index is 13.8. The van der Waals surface area contributed by atoms with Crippen LogP contribution in [0, 0.1) is 5.92 Å². The number of nitrogens with one attached hydrogen (secondary N) is 3. The third-order valence-electron chi connectivity index (χ3n) is 8.30. The highest BCUT2D eigenvalue weighted by Gasteiger charge is 2.31. The molecular weight excluding hydrogens is 706 g/mol. The molecule has 2 aromatic heterocycles. The van der Waals surface area contributed by atoms with Crippen LogP contribution in [0.1, 0.15) is 48.2 Å². The van der Waals surface area contributed by atoms with Gasteiger partial charge in [-0.3, -0.25) is 9.10 Å². The van der Waals surface area contributed by atoms with Crippen molar-refractivity contribution < 1.29 is 36.2 Å². The van der Waals surface area contributed by atoms with Crippen molar-refractivity contribution in [3.05, 3.63) is 88.9 Å². The number of hydrogen-bond donors (Lipinski definition) is 4. The predicted octanol–water partition coefficient (Wildman–Crippen LogP) is 5.55. The Hall–Kier alpha value is -4.25. The molecule has 1 fully saturated rings. The fourth-order valence-corrected chi connectivity index (χ4v) is 6.67. The first-order valence-electron chi connectivity index (χ1n) is 16.4. The molecular formula is C35H41F3N6O5S2. The third kappa shape index (κ3) is 10.4. The molecule has 1 amide bonds. The van der Waals surface area contributed by atoms with Crippen LogP contribution in [0.25, 0.3) is 10.6 Å². The molecule has 1 saturated carbocycles. The number of hydrogen-bond acceptors (Lipinski definition) is 10. The van der Waals surface area contributed by atoms with E-state index in [1.807, 2.05) is 11.4 Å². The van der Waals surface area contributed by atoms with Crippen molar-refractivity contribution >= 4 is 38.9 Å². The molecule has 4 aromatic rings. The Balaban J connectivity index is 1.36. The number of halogens is 3. The van der Waals surface area contributed by atoms with Crippen LogP contribution in [-0.2, 0) is 22.7 Å². The lowest BCUT2D eigenvalue weighted by Crippen LogP contribution is -2.50. The summed E-state index contributed by atoms with van der Waals surface area (Å²) in [5, 5.41) is 22.2. The lowest BCUT2D eigenvalue weighted by molar-refractivity contribution is -0.137. The van der Waals surface area contributed by atoms with Gasteiger partial charge in [0.1, 0.15) is 29.0 Å². The van der Waals surface area contributed by atoms with Crippen molar-refractivity contribution in [2.45, 2.75) is 56.8 Å². The van der Waals surface area contributed by atoms with Gasteiger partial charge in [0.15, 0.2) is 0 Å². The zero-order chi connectivity index (χ0) is 36.8. The summed E-state index contributed by atoms with van der Waals surface area (Å²) in [6, 6.07) is 13.9. The Morgan fingerprint density at radius 1 is 1.12 bits per heavy atom. The second kappa shape index (κ2) is 16.4. The molecule has 0 saturated heterocycles. The predicted molar refractivity (Wildman–Crippen MR) is 191 cm³/mol. The maximum Gasteiger partial charge on any atom is 0.416 e. The molecule has 2 heterocycles. The number of aromatic nitrogens is 2. The number of benzene rings is 2. The van der Waals surface area contributed by atoms with Crippen molar-refractivity contribution in [2.75, 3.05) is 36.4 Å². The van der Waals surface area contributed by atoms with Gasteiger partial charge in [-0.25, -0.2) is 18.4 Å². The van der Waals surface area contributed by atoms with Gasteiger partial charge in [-0.05, 0) is 68.5 Å². The number of ether oxygens (including phenoxy) is 1. The number of amides is 1. The van der Waals surface area contributed by atoms with Gasteiger partial charge < -0.3 is 25.8 Å². The highest BCUT2D eigenvalue weighted by Crippen LogP contribution is 2.31. The molecule has 51 heavy (non-hydrogen) atoms. The summed E-state index contributed by atoms with van der Waals surface area (Å²) in [7, 11) is -2.40. The minimum absolute atomic E-state index is 0.0265. The first-order valence-corrected chi connectivity index (χ1v) is 18.8. The van der Waals surface area contributed by atoms with E-state index in [1.54, 1.807) is 44.3 Å². The molecule has 0 unspecified atom stereocenters. The molecule has 11 nitrogen and oxygen atoms in total. The average molecular weight is 747 g/mol. The molecule has 1 aliphatic carbocycles. The summed E-state index contributed by atoms with van der Waals surface area (Å²) < 4.78 is 72.8. The lowest BCUT2D eigenvalue weighted by atomic mass is 10.1. The molecule has 5 rings (SSSR count). The number of aliphatic hydroxyl groups is 1. The van der Waals surface area contributed by atoms with Crippen LogP contribution in [-0.4, -0.2) is 73.5 Å². The molecule has 1 aliphatic rings. The SMILES string of the molecule is CC(C)S(=O)(=O)N(C)c1cc(C(=O)N[C@@H](COc2cccc(-c3nccs3)c2)[C@H](O)CNCc2cccc(C(F)(F)F)c2)cc(NCC2CC2)n1. The number of pyridine rings is 1.